The summed E-state index contributed by atoms with van der Waals surface area (Å²) < 4.78 is 0. The van der Waals surface area contributed by atoms with Crippen molar-refractivity contribution in [3.05, 3.63) is 0 Å². The van der Waals surface area contributed by atoms with Crippen LogP contribution in [-0.2, 0) is 0 Å². The van der Waals surface area contributed by atoms with E-state index in [2.05, 4.69) is 13.8 Å². The third-order valence-electron chi connectivity index (χ3n) is 8.03. The monoisotopic (exact) mass is 244 g/mol. The lowest BCUT2D eigenvalue weighted by atomic mass is 9.64. The summed E-state index contributed by atoms with van der Waals surface area (Å²) in [7, 11) is 0. The zero-order chi connectivity index (χ0) is 12.0. The van der Waals surface area contributed by atoms with Crippen LogP contribution in [0.3, 0.4) is 0 Å². The van der Waals surface area contributed by atoms with E-state index in [9.17, 15) is 0 Å². The van der Waals surface area contributed by atoms with E-state index in [0.29, 0.717) is 0 Å². The van der Waals surface area contributed by atoms with Crippen LogP contribution in [0.5, 0.6) is 0 Å². The highest BCUT2D eigenvalue weighted by Crippen LogP contribution is 2.72. The summed E-state index contributed by atoms with van der Waals surface area (Å²) in [5, 5.41) is 0. The van der Waals surface area contributed by atoms with Crippen LogP contribution in [0.2, 0.25) is 0 Å². The Morgan fingerprint density at radius 2 is 0.944 bits per heavy atom. The van der Waals surface area contributed by atoms with Gasteiger partial charge in [0.1, 0.15) is 0 Å². The van der Waals surface area contributed by atoms with Crippen molar-refractivity contribution >= 4 is 0 Å². The minimum absolute atomic E-state index is 1.04. The molecule has 18 heavy (non-hydrogen) atoms. The smallest absolute Gasteiger partial charge is 0.0318 e. The SMILES string of the molecule is CC1CC2CC3CC4CC(C)CC5C(C1)C2C3C45. The van der Waals surface area contributed by atoms with Crippen LogP contribution in [-0.4, -0.2) is 0 Å². The molecular formula is C18H28. The molecule has 0 nitrogen and oxygen atoms in total. The highest BCUT2D eigenvalue weighted by atomic mass is 14.7. The van der Waals surface area contributed by atoms with Crippen LogP contribution >= 0.6 is 0 Å². The van der Waals surface area contributed by atoms with E-state index in [-0.39, 0.29) is 0 Å². The van der Waals surface area contributed by atoms with Crippen molar-refractivity contribution in [1.29, 1.82) is 0 Å². The molecule has 0 aromatic heterocycles. The van der Waals surface area contributed by atoms with Gasteiger partial charge in [0.05, 0.1) is 0 Å². The van der Waals surface area contributed by atoms with Gasteiger partial charge in [-0.25, -0.2) is 0 Å². The summed E-state index contributed by atoms with van der Waals surface area (Å²) in [5.74, 6) is 11.6. The van der Waals surface area contributed by atoms with Gasteiger partial charge in [-0.05, 0) is 97.7 Å². The molecule has 0 heterocycles. The molecule has 0 N–H and O–H groups in total. The van der Waals surface area contributed by atoms with E-state index in [4.69, 9.17) is 0 Å². The highest BCUT2D eigenvalue weighted by Gasteiger charge is 2.66. The molecule has 0 saturated heterocycles. The summed E-state index contributed by atoms with van der Waals surface area (Å²) in [5.41, 5.74) is 0. The minimum Gasteiger partial charge on any atom is -0.0625 e. The van der Waals surface area contributed by atoms with Crippen molar-refractivity contribution in [1.82, 2.24) is 0 Å². The van der Waals surface area contributed by atoms with Crippen molar-refractivity contribution in [2.24, 2.45) is 59.2 Å². The van der Waals surface area contributed by atoms with Gasteiger partial charge in [0.2, 0.25) is 0 Å². The van der Waals surface area contributed by atoms with E-state index >= 15 is 0 Å². The Bertz CT molecular complexity index is 338. The second-order valence-corrected chi connectivity index (χ2v) is 8.96. The second-order valence-electron chi connectivity index (χ2n) is 8.96. The molecule has 0 spiro atoms. The van der Waals surface area contributed by atoms with E-state index < -0.39 is 0 Å². The molecule has 8 unspecified atom stereocenters. The quantitative estimate of drug-likeness (QED) is 0.584. The van der Waals surface area contributed by atoms with Crippen molar-refractivity contribution < 1.29 is 0 Å². The van der Waals surface area contributed by atoms with Crippen molar-refractivity contribution in [2.75, 3.05) is 0 Å². The fraction of sp³-hybridized carbons (Fsp3) is 1.00. The first-order valence-electron chi connectivity index (χ1n) is 8.72. The van der Waals surface area contributed by atoms with E-state index in [1.165, 1.54) is 35.5 Å². The molecule has 100 valence electrons. The van der Waals surface area contributed by atoms with Gasteiger partial charge in [0.25, 0.3) is 0 Å². The number of fused-ring (bicyclic) bond motifs is 1. The lowest BCUT2D eigenvalue weighted by Crippen LogP contribution is -2.33. The molecule has 0 aromatic rings. The molecule has 5 fully saturated rings. The molecule has 0 aliphatic heterocycles. The van der Waals surface area contributed by atoms with Gasteiger partial charge >= 0.3 is 0 Å². The lowest BCUT2D eigenvalue weighted by Gasteiger charge is -2.41. The predicted octanol–water partition coefficient (Wildman–Crippen LogP) is 4.60. The van der Waals surface area contributed by atoms with Gasteiger partial charge in [-0.15, -0.1) is 0 Å². The molecule has 5 aliphatic carbocycles. The van der Waals surface area contributed by atoms with Gasteiger partial charge in [-0.2, -0.15) is 0 Å². The maximum atomic E-state index is 2.55. The first-order valence-corrected chi connectivity index (χ1v) is 8.72. The molecular weight excluding hydrogens is 216 g/mol. The molecule has 0 heteroatoms. The van der Waals surface area contributed by atoms with Crippen molar-refractivity contribution in [3.8, 4) is 0 Å². The molecule has 5 saturated carbocycles. The van der Waals surface area contributed by atoms with E-state index in [1.54, 1.807) is 38.5 Å². The first kappa shape index (κ1) is 10.7. The number of hydrogen-bond donors (Lipinski definition) is 0. The zero-order valence-electron chi connectivity index (χ0n) is 12.0. The first-order chi connectivity index (χ1) is 8.72. The molecule has 8 atom stereocenters. The Morgan fingerprint density at radius 1 is 0.500 bits per heavy atom. The summed E-state index contributed by atoms with van der Waals surface area (Å²) in [6, 6.07) is 0. The molecule has 0 radical (unpaired) electrons. The van der Waals surface area contributed by atoms with Crippen LogP contribution < -0.4 is 0 Å². The number of hydrogen-bond acceptors (Lipinski definition) is 0. The zero-order valence-corrected chi connectivity index (χ0v) is 12.0. The standard InChI is InChI=1S/C18H28/c1-9-3-11-7-13-8-12-4-10(2)6-15-14(5-9)16(11)18(13)17(12)15/h9-18H,3-8H2,1-2H3. The Hall–Kier alpha value is 0. The summed E-state index contributed by atoms with van der Waals surface area (Å²) >= 11 is 0. The lowest BCUT2D eigenvalue weighted by molar-refractivity contribution is 0.0850. The Balaban J connectivity index is 1.59. The average Bonchev–Trinajstić information content (AvgIpc) is 2.90. The fourth-order valence-electron chi connectivity index (χ4n) is 8.18. The summed E-state index contributed by atoms with van der Waals surface area (Å²) in [6.07, 6.45) is 9.67. The predicted molar refractivity (Wildman–Crippen MR) is 74.0 cm³/mol. The van der Waals surface area contributed by atoms with E-state index in [0.717, 1.165) is 23.7 Å². The summed E-state index contributed by atoms with van der Waals surface area (Å²) in [6.45, 7) is 5.10. The highest BCUT2D eigenvalue weighted by molar-refractivity contribution is 5.14. The third kappa shape index (κ3) is 1.15. The molecule has 0 aromatic carbocycles. The van der Waals surface area contributed by atoms with Gasteiger partial charge in [0, 0.05) is 0 Å². The maximum absolute atomic E-state index is 2.55. The minimum atomic E-state index is 1.04. The Morgan fingerprint density at radius 3 is 1.44 bits per heavy atom. The summed E-state index contributed by atoms with van der Waals surface area (Å²) in [4.78, 5) is 0. The topological polar surface area (TPSA) is 0 Å². The molecule has 0 bridgehead atoms. The third-order valence-corrected chi connectivity index (χ3v) is 8.03. The van der Waals surface area contributed by atoms with Gasteiger partial charge in [-0.1, -0.05) is 13.8 Å². The van der Waals surface area contributed by atoms with Crippen molar-refractivity contribution in [3.63, 3.8) is 0 Å². The van der Waals surface area contributed by atoms with Gasteiger partial charge < -0.3 is 0 Å². The largest absolute Gasteiger partial charge is 0.0625 e. The average molecular weight is 244 g/mol. The maximum Gasteiger partial charge on any atom is -0.0318 e. The van der Waals surface area contributed by atoms with Gasteiger partial charge in [-0.3, -0.25) is 0 Å². The Labute approximate surface area is 112 Å². The second kappa shape index (κ2) is 3.36. The van der Waals surface area contributed by atoms with Crippen LogP contribution in [0, 0.1) is 59.2 Å². The van der Waals surface area contributed by atoms with Crippen LogP contribution in [0.25, 0.3) is 0 Å². The number of rotatable bonds is 0. The van der Waals surface area contributed by atoms with Crippen LogP contribution in [0.1, 0.15) is 52.4 Å². The fourth-order valence-corrected chi connectivity index (χ4v) is 8.18. The Kier molecular flexibility index (Phi) is 2.01. The van der Waals surface area contributed by atoms with Crippen LogP contribution in [0.15, 0.2) is 0 Å². The molecule has 5 rings (SSSR count). The van der Waals surface area contributed by atoms with E-state index in [1.807, 2.05) is 0 Å². The normalized spacial score (nSPS) is 68.3. The molecule has 5 aliphatic rings. The van der Waals surface area contributed by atoms with Crippen LogP contribution in [0.4, 0.5) is 0 Å². The van der Waals surface area contributed by atoms with Gasteiger partial charge in [0.15, 0.2) is 0 Å². The van der Waals surface area contributed by atoms with Crippen molar-refractivity contribution in [2.45, 2.75) is 52.4 Å². The molecule has 0 amide bonds.